The normalized spacial score (nSPS) is 16.2. The molecule has 2 aromatic carbocycles. The SMILES string of the molecule is CCCc1cc(CCN(CC)CCN2CCN(C(c3ccccc3)c3ccc(Cl)cc3)CC2)nn1C(C)(C)C. The van der Waals surface area contributed by atoms with Gasteiger partial charge in [0, 0.05) is 63.0 Å². The second-order valence-corrected chi connectivity index (χ2v) is 12.3. The summed E-state index contributed by atoms with van der Waals surface area (Å²) in [6.45, 7) is 20.0. The fraction of sp³-hybridized carbons (Fsp3) is 0.545. The molecule has 0 aliphatic carbocycles. The van der Waals surface area contributed by atoms with Crippen LogP contribution in [-0.4, -0.2) is 76.8 Å². The van der Waals surface area contributed by atoms with Crippen molar-refractivity contribution in [2.24, 2.45) is 0 Å². The van der Waals surface area contributed by atoms with Gasteiger partial charge in [-0.15, -0.1) is 0 Å². The van der Waals surface area contributed by atoms with Crippen molar-refractivity contribution in [2.75, 3.05) is 52.4 Å². The van der Waals surface area contributed by atoms with Crippen molar-refractivity contribution in [3.63, 3.8) is 0 Å². The number of aryl methyl sites for hydroxylation is 1. The summed E-state index contributed by atoms with van der Waals surface area (Å²) in [6.07, 6.45) is 3.26. The van der Waals surface area contributed by atoms with Crippen LogP contribution in [0.25, 0.3) is 0 Å². The molecule has 212 valence electrons. The maximum Gasteiger partial charge on any atom is 0.0640 e. The Balaban J connectivity index is 1.30. The number of hydrogen-bond donors (Lipinski definition) is 0. The Labute approximate surface area is 241 Å². The zero-order chi connectivity index (χ0) is 27.8. The summed E-state index contributed by atoms with van der Waals surface area (Å²) in [6, 6.07) is 21.9. The average molecular weight is 550 g/mol. The minimum atomic E-state index is 0.0302. The van der Waals surface area contributed by atoms with Crippen molar-refractivity contribution in [1.29, 1.82) is 0 Å². The van der Waals surface area contributed by atoms with E-state index < -0.39 is 0 Å². The zero-order valence-electron chi connectivity index (χ0n) is 24.7. The number of piperazine rings is 1. The lowest BCUT2D eigenvalue weighted by atomic mass is 9.96. The lowest BCUT2D eigenvalue weighted by molar-refractivity contribution is 0.0998. The van der Waals surface area contributed by atoms with E-state index in [-0.39, 0.29) is 11.6 Å². The monoisotopic (exact) mass is 549 g/mol. The molecule has 0 amide bonds. The molecule has 1 aromatic heterocycles. The predicted octanol–water partition coefficient (Wildman–Crippen LogP) is 6.52. The van der Waals surface area contributed by atoms with E-state index in [4.69, 9.17) is 16.7 Å². The molecular formula is C33H48ClN5. The summed E-state index contributed by atoms with van der Waals surface area (Å²) in [5.41, 5.74) is 5.29. The molecule has 1 atom stereocenters. The van der Waals surface area contributed by atoms with Crippen molar-refractivity contribution in [2.45, 2.75) is 65.5 Å². The third kappa shape index (κ3) is 8.17. The van der Waals surface area contributed by atoms with Crippen LogP contribution in [0.3, 0.4) is 0 Å². The Morgan fingerprint density at radius 1 is 0.872 bits per heavy atom. The molecule has 1 aliphatic heterocycles. The molecule has 39 heavy (non-hydrogen) atoms. The Kier molecular flexibility index (Phi) is 10.6. The van der Waals surface area contributed by atoms with Crippen LogP contribution in [0.2, 0.25) is 5.02 Å². The van der Waals surface area contributed by atoms with Crippen LogP contribution in [0.1, 0.15) is 69.6 Å². The molecule has 0 bridgehead atoms. The highest BCUT2D eigenvalue weighted by Crippen LogP contribution is 2.30. The summed E-state index contributed by atoms with van der Waals surface area (Å²) in [5, 5.41) is 5.79. The Bertz CT molecular complexity index is 1130. The van der Waals surface area contributed by atoms with Crippen LogP contribution in [0.5, 0.6) is 0 Å². The first-order valence-electron chi connectivity index (χ1n) is 14.9. The first-order valence-corrected chi connectivity index (χ1v) is 15.2. The van der Waals surface area contributed by atoms with Crippen molar-refractivity contribution in [3.05, 3.63) is 88.2 Å². The van der Waals surface area contributed by atoms with Gasteiger partial charge in [0.15, 0.2) is 0 Å². The molecule has 1 fully saturated rings. The highest BCUT2D eigenvalue weighted by atomic mass is 35.5. The van der Waals surface area contributed by atoms with Gasteiger partial charge in [-0.2, -0.15) is 5.10 Å². The van der Waals surface area contributed by atoms with E-state index in [1.807, 2.05) is 12.1 Å². The molecule has 0 N–H and O–H groups in total. The van der Waals surface area contributed by atoms with E-state index in [0.717, 1.165) is 76.6 Å². The number of aromatic nitrogens is 2. The van der Waals surface area contributed by atoms with E-state index >= 15 is 0 Å². The molecule has 0 radical (unpaired) electrons. The largest absolute Gasteiger partial charge is 0.302 e. The summed E-state index contributed by atoms with van der Waals surface area (Å²) >= 11 is 6.21. The number of benzene rings is 2. The molecule has 0 spiro atoms. The summed E-state index contributed by atoms with van der Waals surface area (Å²) in [5.74, 6) is 0. The van der Waals surface area contributed by atoms with Crippen LogP contribution in [0.15, 0.2) is 60.7 Å². The quantitative estimate of drug-likeness (QED) is 0.257. The number of halogens is 1. The van der Waals surface area contributed by atoms with Crippen molar-refractivity contribution in [1.82, 2.24) is 24.5 Å². The molecule has 4 rings (SSSR count). The number of rotatable bonds is 12. The Hall–Kier alpha value is -2.18. The summed E-state index contributed by atoms with van der Waals surface area (Å²) < 4.78 is 2.24. The minimum absolute atomic E-state index is 0.0302. The van der Waals surface area contributed by atoms with Gasteiger partial charge in [0.1, 0.15) is 0 Å². The van der Waals surface area contributed by atoms with E-state index in [9.17, 15) is 0 Å². The molecule has 2 heterocycles. The third-order valence-electron chi connectivity index (χ3n) is 7.91. The van der Waals surface area contributed by atoms with Crippen molar-refractivity contribution >= 4 is 11.6 Å². The van der Waals surface area contributed by atoms with Gasteiger partial charge in [-0.05, 0) is 63.1 Å². The molecule has 0 saturated carbocycles. The smallest absolute Gasteiger partial charge is 0.0640 e. The van der Waals surface area contributed by atoms with Crippen molar-refractivity contribution < 1.29 is 0 Å². The summed E-state index contributed by atoms with van der Waals surface area (Å²) in [7, 11) is 0. The number of likely N-dealkylation sites (N-methyl/N-ethyl adjacent to an activating group) is 1. The van der Waals surface area contributed by atoms with Gasteiger partial charge in [0.05, 0.1) is 17.3 Å². The van der Waals surface area contributed by atoms with E-state index in [0.29, 0.717) is 0 Å². The first-order chi connectivity index (χ1) is 18.8. The van der Waals surface area contributed by atoms with Crippen LogP contribution >= 0.6 is 11.6 Å². The highest BCUT2D eigenvalue weighted by Gasteiger charge is 2.26. The zero-order valence-corrected chi connectivity index (χ0v) is 25.5. The van der Waals surface area contributed by atoms with Crippen LogP contribution in [0.4, 0.5) is 0 Å². The van der Waals surface area contributed by atoms with Crippen LogP contribution < -0.4 is 0 Å². The molecule has 1 aliphatic rings. The van der Waals surface area contributed by atoms with E-state index in [2.05, 4.69) is 103 Å². The van der Waals surface area contributed by atoms with Gasteiger partial charge in [0.2, 0.25) is 0 Å². The fourth-order valence-electron chi connectivity index (χ4n) is 5.74. The highest BCUT2D eigenvalue weighted by molar-refractivity contribution is 6.30. The maximum absolute atomic E-state index is 6.21. The fourth-order valence-corrected chi connectivity index (χ4v) is 5.86. The predicted molar refractivity (Wildman–Crippen MR) is 165 cm³/mol. The number of nitrogens with zero attached hydrogens (tertiary/aromatic N) is 5. The van der Waals surface area contributed by atoms with Gasteiger partial charge >= 0.3 is 0 Å². The molecular weight excluding hydrogens is 502 g/mol. The molecule has 1 saturated heterocycles. The van der Waals surface area contributed by atoms with Gasteiger partial charge in [0.25, 0.3) is 0 Å². The topological polar surface area (TPSA) is 27.5 Å². The van der Waals surface area contributed by atoms with Gasteiger partial charge < -0.3 is 4.90 Å². The average Bonchev–Trinajstić information content (AvgIpc) is 3.35. The molecule has 1 unspecified atom stereocenters. The Morgan fingerprint density at radius 3 is 2.15 bits per heavy atom. The van der Waals surface area contributed by atoms with Crippen molar-refractivity contribution in [3.8, 4) is 0 Å². The standard InChI is InChI=1S/C33H48ClN5/c1-6-11-31-26-30(35-39(31)33(3,4)5)18-19-36(7-2)20-21-37-22-24-38(25-23-37)32(27-12-9-8-10-13-27)28-14-16-29(34)17-15-28/h8-10,12-17,26,32H,6-7,11,18-25H2,1-5H3. The number of hydrogen-bond acceptors (Lipinski definition) is 4. The minimum Gasteiger partial charge on any atom is -0.302 e. The molecule has 3 aromatic rings. The Morgan fingerprint density at radius 2 is 1.54 bits per heavy atom. The second-order valence-electron chi connectivity index (χ2n) is 11.9. The first kappa shape index (κ1) is 29.8. The lowest BCUT2D eigenvalue weighted by Gasteiger charge is -2.40. The van der Waals surface area contributed by atoms with E-state index in [1.165, 1.54) is 22.5 Å². The molecule has 6 heteroatoms. The van der Waals surface area contributed by atoms with Gasteiger partial charge in [-0.1, -0.05) is 74.3 Å². The van der Waals surface area contributed by atoms with E-state index in [1.54, 1.807) is 0 Å². The summed E-state index contributed by atoms with van der Waals surface area (Å²) in [4.78, 5) is 7.85. The third-order valence-corrected chi connectivity index (χ3v) is 8.16. The van der Waals surface area contributed by atoms with Crippen LogP contribution in [-0.2, 0) is 18.4 Å². The molecule has 5 nitrogen and oxygen atoms in total. The van der Waals surface area contributed by atoms with Gasteiger partial charge in [-0.25, -0.2) is 0 Å². The van der Waals surface area contributed by atoms with Gasteiger partial charge in [-0.3, -0.25) is 14.5 Å². The lowest BCUT2D eigenvalue weighted by Crippen LogP contribution is -2.49. The van der Waals surface area contributed by atoms with Crippen LogP contribution in [0, 0.1) is 0 Å². The maximum atomic E-state index is 6.21. The second kappa shape index (κ2) is 13.9.